The Bertz CT molecular complexity index is 1040. The average molecular weight is 380 g/mol. The normalized spacial score (nSPS) is 17.5. The third-order valence-corrected chi connectivity index (χ3v) is 5.17. The lowest BCUT2D eigenvalue weighted by atomic mass is 9.90. The number of imide groups is 1. The Morgan fingerprint density at radius 2 is 2.04 bits per heavy atom. The number of carbonyl (C=O) groups is 2. The van der Waals surface area contributed by atoms with Crippen LogP contribution in [0.2, 0.25) is 0 Å². The van der Waals surface area contributed by atoms with Gasteiger partial charge < -0.3 is 14.1 Å². The summed E-state index contributed by atoms with van der Waals surface area (Å²) < 4.78 is 11.6. The van der Waals surface area contributed by atoms with Crippen LogP contribution in [0.5, 0.6) is 5.75 Å². The van der Waals surface area contributed by atoms with E-state index in [-0.39, 0.29) is 17.7 Å². The first-order valence-corrected chi connectivity index (χ1v) is 9.57. The summed E-state index contributed by atoms with van der Waals surface area (Å²) in [6, 6.07) is 10.0. The van der Waals surface area contributed by atoms with E-state index < -0.39 is 0 Å². The van der Waals surface area contributed by atoms with E-state index in [0.29, 0.717) is 19.4 Å². The lowest BCUT2D eigenvalue weighted by Gasteiger charge is -2.19. The number of rotatable bonds is 6. The molecule has 2 heterocycles. The predicted octanol–water partition coefficient (Wildman–Crippen LogP) is 3.44. The molecule has 1 aliphatic heterocycles. The maximum absolute atomic E-state index is 12.3. The molecule has 1 aliphatic rings. The zero-order valence-corrected chi connectivity index (χ0v) is 16.2. The molecular formula is C22H24N2O4. The number of nitrogens with zero attached hydrogens (tertiary/aromatic N) is 1. The van der Waals surface area contributed by atoms with Crippen molar-refractivity contribution in [1.29, 1.82) is 0 Å². The van der Waals surface area contributed by atoms with Crippen LogP contribution in [-0.4, -0.2) is 44.0 Å². The van der Waals surface area contributed by atoms with Crippen molar-refractivity contribution in [2.24, 2.45) is 0 Å². The van der Waals surface area contributed by atoms with Gasteiger partial charge in [0.2, 0.25) is 11.8 Å². The predicted molar refractivity (Wildman–Crippen MR) is 108 cm³/mol. The molecule has 0 aliphatic carbocycles. The second kappa shape index (κ2) is 7.64. The third-order valence-electron chi connectivity index (χ3n) is 5.17. The van der Waals surface area contributed by atoms with Crippen LogP contribution in [-0.2, 0) is 9.59 Å². The fraction of sp³-hybridized carbons (Fsp3) is 0.364. The van der Waals surface area contributed by atoms with Gasteiger partial charge in [-0.1, -0.05) is 6.07 Å². The molecule has 1 saturated heterocycles. The molecule has 1 atom stereocenters. The van der Waals surface area contributed by atoms with Gasteiger partial charge in [0.05, 0.1) is 18.8 Å². The van der Waals surface area contributed by atoms with Gasteiger partial charge in [-0.15, -0.1) is 0 Å². The molecule has 0 spiro atoms. The first-order valence-electron chi connectivity index (χ1n) is 9.57. The van der Waals surface area contributed by atoms with Crippen LogP contribution in [0.4, 0.5) is 0 Å². The molecule has 2 aromatic carbocycles. The van der Waals surface area contributed by atoms with E-state index in [4.69, 9.17) is 9.15 Å². The fourth-order valence-electron chi connectivity index (χ4n) is 3.69. The lowest BCUT2D eigenvalue weighted by Crippen LogP contribution is -2.39. The molecule has 146 valence electrons. The van der Waals surface area contributed by atoms with Gasteiger partial charge in [0.25, 0.3) is 0 Å². The number of fused-ring (bicyclic) bond motifs is 2. The highest BCUT2D eigenvalue weighted by molar-refractivity contribution is 6.04. The smallest absolute Gasteiger partial charge is 0.234 e. The average Bonchev–Trinajstić information content (AvgIpc) is 3.06. The first kappa shape index (κ1) is 18.5. The van der Waals surface area contributed by atoms with Gasteiger partial charge >= 0.3 is 0 Å². The van der Waals surface area contributed by atoms with Crippen LogP contribution in [0.25, 0.3) is 21.7 Å². The molecule has 0 saturated carbocycles. The molecule has 1 N–H and O–H groups in total. The Morgan fingerprint density at radius 3 is 2.82 bits per heavy atom. The van der Waals surface area contributed by atoms with Crippen molar-refractivity contribution in [1.82, 2.24) is 10.2 Å². The van der Waals surface area contributed by atoms with Crippen LogP contribution in [0, 0.1) is 0 Å². The Kier molecular flexibility index (Phi) is 5.05. The molecule has 0 radical (unpaired) electrons. The summed E-state index contributed by atoms with van der Waals surface area (Å²) in [4.78, 5) is 25.8. The molecule has 28 heavy (non-hydrogen) atoms. The maximum Gasteiger partial charge on any atom is 0.234 e. The number of ether oxygens (including phenoxy) is 1. The van der Waals surface area contributed by atoms with E-state index >= 15 is 0 Å². The lowest BCUT2D eigenvalue weighted by molar-refractivity contribution is -0.134. The number of benzene rings is 2. The Labute approximate surface area is 163 Å². The number of hydrogen-bond donors (Lipinski definition) is 1. The van der Waals surface area contributed by atoms with E-state index in [2.05, 4.69) is 10.2 Å². The van der Waals surface area contributed by atoms with E-state index in [1.165, 1.54) is 0 Å². The fourth-order valence-corrected chi connectivity index (χ4v) is 3.69. The second-order valence-corrected chi connectivity index (χ2v) is 7.56. The van der Waals surface area contributed by atoms with Gasteiger partial charge in [-0.25, -0.2) is 0 Å². The van der Waals surface area contributed by atoms with Crippen LogP contribution >= 0.6 is 0 Å². The SMILES string of the molecule is CN(C)CCCOc1ccc2cc3occ([C@H]4CCC(=O)NC4=O)c3cc2c1. The van der Waals surface area contributed by atoms with Crippen molar-refractivity contribution in [3.63, 3.8) is 0 Å². The van der Waals surface area contributed by atoms with Gasteiger partial charge in [-0.2, -0.15) is 0 Å². The molecule has 1 fully saturated rings. The minimum atomic E-state index is -0.359. The van der Waals surface area contributed by atoms with E-state index in [1.54, 1.807) is 6.26 Å². The van der Waals surface area contributed by atoms with Crippen molar-refractivity contribution >= 4 is 33.6 Å². The highest BCUT2D eigenvalue weighted by Gasteiger charge is 2.30. The van der Waals surface area contributed by atoms with Gasteiger partial charge in [-0.05, 0) is 62.0 Å². The van der Waals surface area contributed by atoms with E-state index in [9.17, 15) is 9.59 Å². The van der Waals surface area contributed by atoms with Gasteiger partial charge in [0.1, 0.15) is 11.3 Å². The van der Waals surface area contributed by atoms with Crippen molar-refractivity contribution < 1.29 is 18.7 Å². The summed E-state index contributed by atoms with van der Waals surface area (Å²) in [5, 5.41) is 5.42. The molecule has 6 nitrogen and oxygen atoms in total. The Hall–Kier alpha value is -2.86. The van der Waals surface area contributed by atoms with Crippen molar-refractivity contribution in [3.8, 4) is 5.75 Å². The summed E-state index contributed by atoms with van der Waals surface area (Å²) in [5.41, 5.74) is 1.58. The molecule has 4 rings (SSSR count). The highest BCUT2D eigenvalue weighted by atomic mass is 16.5. The quantitative estimate of drug-likeness (QED) is 0.524. The van der Waals surface area contributed by atoms with Crippen LogP contribution in [0.15, 0.2) is 41.0 Å². The zero-order chi connectivity index (χ0) is 19.7. The van der Waals surface area contributed by atoms with Crippen LogP contribution in [0.3, 0.4) is 0 Å². The number of piperidine rings is 1. The highest BCUT2D eigenvalue weighted by Crippen LogP contribution is 2.35. The summed E-state index contributed by atoms with van der Waals surface area (Å²) >= 11 is 0. The number of furan rings is 1. The van der Waals surface area contributed by atoms with E-state index in [0.717, 1.165) is 46.0 Å². The van der Waals surface area contributed by atoms with Crippen LogP contribution < -0.4 is 10.1 Å². The molecular weight excluding hydrogens is 356 g/mol. The standard InChI is InChI=1S/C22H24N2O4/c1-24(2)8-3-9-27-16-5-4-14-12-20-18(11-15(14)10-16)19(13-28-20)17-6-7-21(25)23-22(17)26/h4-5,10-13,17H,3,6-9H2,1-2H3,(H,23,25,26)/t17-/m1/s1. The summed E-state index contributed by atoms with van der Waals surface area (Å²) in [5.74, 6) is 0.00565. The molecule has 6 heteroatoms. The van der Waals surface area contributed by atoms with Gasteiger partial charge in [0, 0.05) is 23.9 Å². The monoisotopic (exact) mass is 380 g/mol. The topological polar surface area (TPSA) is 71.8 Å². The number of hydrogen-bond acceptors (Lipinski definition) is 5. The molecule has 3 aromatic rings. The third kappa shape index (κ3) is 3.73. The Balaban J connectivity index is 1.61. The van der Waals surface area contributed by atoms with E-state index in [1.807, 2.05) is 44.4 Å². The van der Waals surface area contributed by atoms with Gasteiger partial charge in [0.15, 0.2) is 0 Å². The largest absolute Gasteiger partial charge is 0.494 e. The second-order valence-electron chi connectivity index (χ2n) is 7.56. The molecule has 1 aromatic heterocycles. The zero-order valence-electron chi connectivity index (χ0n) is 16.2. The minimum absolute atomic E-state index is 0.212. The molecule has 0 unspecified atom stereocenters. The van der Waals surface area contributed by atoms with Crippen molar-refractivity contribution in [2.75, 3.05) is 27.2 Å². The maximum atomic E-state index is 12.3. The summed E-state index contributed by atoms with van der Waals surface area (Å²) in [6.07, 6.45) is 3.46. The number of amides is 2. The van der Waals surface area contributed by atoms with Crippen molar-refractivity contribution in [3.05, 3.63) is 42.2 Å². The minimum Gasteiger partial charge on any atom is -0.494 e. The summed E-state index contributed by atoms with van der Waals surface area (Å²) in [6.45, 7) is 1.65. The number of nitrogens with one attached hydrogen (secondary N) is 1. The Morgan fingerprint density at radius 1 is 1.18 bits per heavy atom. The van der Waals surface area contributed by atoms with Crippen LogP contribution in [0.1, 0.15) is 30.7 Å². The van der Waals surface area contributed by atoms with Gasteiger partial charge in [-0.3, -0.25) is 14.9 Å². The summed E-state index contributed by atoms with van der Waals surface area (Å²) in [7, 11) is 4.10. The molecule has 2 amide bonds. The number of carbonyl (C=O) groups excluding carboxylic acids is 2. The van der Waals surface area contributed by atoms with Crippen molar-refractivity contribution in [2.45, 2.75) is 25.2 Å². The molecule has 0 bridgehead atoms. The first-order chi connectivity index (χ1) is 13.5.